The van der Waals surface area contributed by atoms with Crippen LogP contribution >= 0.6 is 0 Å². The first-order valence-corrected chi connectivity index (χ1v) is 9.05. The number of allylic oxidation sites excluding steroid dienone is 2. The Hall–Kier alpha value is -1.13. The van der Waals surface area contributed by atoms with E-state index < -0.39 is 54.9 Å². The number of hydrogen-bond donors (Lipinski definition) is 5. The van der Waals surface area contributed by atoms with E-state index in [1.807, 2.05) is 13.8 Å². The van der Waals surface area contributed by atoms with Crippen LogP contribution in [0.4, 0.5) is 0 Å². The van der Waals surface area contributed by atoms with Gasteiger partial charge in [0.2, 0.25) is 0 Å². The molecule has 0 aromatic rings. The lowest BCUT2D eigenvalue weighted by atomic mass is 9.71. The van der Waals surface area contributed by atoms with E-state index in [0.717, 1.165) is 5.57 Å². The molecule has 2 aliphatic rings. The number of Topliss-reactive ketones (excluding diaryl/α,β-unsaturated/α-hetero) is 1. The van der Waals surface area contributed by atoms with E-state index in [0.29, 0.717) is 5.57 Å². The van der Waals surface area contributed by atoms with Gasteiger partial charge >= 0.3 is 0 Å². The van der Waals surface area contributed by atoms with E-state index in [2.05, 4.69) is 0 Å². The van der Waals surface area contributed by atoms with Crippen LogP contribution in [0.25, 0.3) is 0 Å². The van der Waals surface area contributed by atoms with Crippen molar-refractivity contribution in [2.75, 3.05) is 6.61 Å². The number of aliphatic hydroxyl groups excluding tert-OH is 5. The predicted molar refractivity (Wildman–Crippen MR) is 95.6 cm³/mol. The molecular formula is C19H30O8. The lowest BCUT2D eigenvalue weighted by molar-refractivity contribution is -0.306. The van der Waals surface area contributed by atoms with Crippen molar-refractivity contribution in [1.29, 1.82) is 0 Å². The zero-order valence-corrected chi connectivity index (χ0v) is 16.1. The fourth-order valence-corrected chi connectivity index (χ4v) is 3.58. The summed E-state index contributed by atoms with van der Waals surface area (Å²) in [4.78, 5) is 11.9. The Bertz CT molecular complexity index is 609. The van der Waals surface area contributed by atoms with Crippen molar-refractivity contribution in [2.24, 2.45) is 5.41 Å². The second-order valence-corrected chi connectivity index (χ2v) is 7.92. The van der Waals surface area contributed by atoms with E-state index >= 15 is 0 Å². The van der Waals surface area contributed by atoms with Crippen LogP contribution in [0.15, 0.2) is 23.3 Å². The zero-order valence-electron chi connectivity index (χ0n) is 16.1. The third-order valence-electron chi connectivity index (χ3n) is 5.22. The topological polar surface area (TPSA) is 137 Å². The highest BCUT2D eigenvalue weighted by atomic mass is 16.7. The minimum Gasteiger partial charge on any atom is -0.394 e. The molecule has 0 radical (unpaired) electrons. The first kappa shape index (κ1) is 22.2. The minimum absolute atomic E-state index is 0.208. The van der Waals surface area contributed by atoms with Crippen LogP contribution in [0.2, 0.25) is 0 Å². The smallest absolute Gasteiger partial charge is 0.187 e. The number of carbonyl (C=O) groups is 1. The Kier molecular flexibility index (Phi) is 6.96. The molecule has 0 unspecified atom stereocenters. The van der Waals surface area contributed by atoms with Gasteiger partial charge in [-0.15, -0.1) is 0 Å². The number of ketones is 1. The molecule has 7 atom stereocenters. The van der Waals surface area contributed by atoms with E-state index in [4.69, 9.17) is 9.47 Å². The van der Waals surface area contributed by atoms with Crippen molar-refractivity contribution in [3.8, 4) is 0 Å². The third kappa shape index (κ3) is 4.65. The Balaban J connectivity index is 2.10. The molecule has 0 saturated carbocycles. The first-order valence-electron chi connectivity index (χ1n) is 9.05. The number of ether oxygens (including phenoxy) is 2. The molecule has 8 heteroatoms. The number of aliphatic hydroxyl groups is 5. The maximum absolute atomic E-state index is 11.9. The highest BCUT2D eigenvalue weighted by Crippen LogP contribution is 2.39. The summed E-state index contributed by atoms with van der Waals surface area (Å²) in [5.74, 6) is -0.208. The van der Waals surface area contributed by atoms with E-state index in [1.165, 1.54) is 0 Å². The fourth-order valence-electron chi connectivity index (χ4n) is 3.58. The summed E-state index contributed by atoms with van der Waals surface area (Å²) in [5, 5.41) is 48.9. The summed E-state index contributed by atoms with van der Waals surface area (Å²) >= 11 is 0. The molecule has 1 saturated heterocycles. The van der Waals surface area contributed by atoms with E-state index in [1.54, 1.807) is 26.0 Å². The van der Waals surface area contributed by atoms with Crippen molar-refractivity contribution < 1.29 is 39.8 Å². The summed E-state index contributed by atoms with van der Waals surface area (Å²) in [6.07, 6.45) is -4.61. The molecule has 0 bridgehead atoms. The highest BCUT2D eigenvalue weighted by molar-refractivity contribution is 5.88. The monoisotopic (exact) mass is 386 g/mol. The molecule has 0 amide bonds. The van der Waals surface area contributed by atoms with Gasteiger partial charge in [0, 0.05) is 6.42 Å². The lowest BCUT2D eigenvalue weighted by Crippen LogP contribution is -2.59. The van der Waals surface area contributed by atoms with Crippen molar-refractivity contribution >= 4 is 5.78 Å². The zero-order chi connectivity index (χ0) is 20.5. The molecule has 0 aromatic heterocycles. The molecule has 0 spiro atoms. The summed E-state index contributed by atoms with van der Waals surface area (Å²) in [6.45, 7) is 6.73. The van der Waals surface area contributed by atoms with Crippen molar-refractivity contribution in [1.82, 2.24) is 0 Å². The number of rotatable bonds is 5. The Morgan fingerprint density at radius 2 is 1.85 bits per heavy atom. The molecule has 1 heterocycles. The van der Waals surface area contributed by atoms with Crippen LogP contribution in [0.1, 0.15) is 34.1 Å². The van der Waals surface area contributed by atoms with Gasteiger partial charge in [-0.3, -0.25) is 4.79 Å². The van der Waals surface area contributed by atoms with Gasteiger partial charge in [0.25, 0.3) is 0 Å². The van der Waals surface area contributed by atoms with Gasteiger partial charge in [-0.2, -0.15) is 0 Å². The molecule has 1 fully saturated rings. The Morgan fingerprint density at radius 3 is 2.44 bits per heavy atom. The van der Waals surface area contributed by atoms with Crippen LogP contribution in [-0.2, 0) is 14.3 Å². The van der Waals surface area contributed by atoms with Crippen LogP contribution in [0.3, 0.4) is 0 Å². The molecule has 8 nitrogen and oxygen atoms in total. The predicted octanol–water partition coefficient (Wildman–Crippen LogP) is -0.576. The van der Waals surface area contributed by atoms with Gasteiger partial charge in [-0.1, -0.05) is 26.0 Å². The largest absolute Gasteiger partial charge is 0.394 e. The van der Waals surface area contributed by atoms with Crippen LogP contribution < -0.4 is 0 Å². The summed E-state index contributed by atoms with van der Waals surface area (Å²) in [5.41, 5.74) is 0.992. The van der Waals surface area contributed by atoms with Crippen molar-refractivity contribution in [3.05, 3.63) is 23.3 Å². The normalized spacial score (nSPS) is 38.5. The quantitative estimate of drug-likeness (QED) is 0.423. The van der Waals surface area contributed by atoms with E-state index in [9.17, 15) is 30.3 Å². The number of hydrogen-bond acceptors (Lipinski definition) is 8. The molecule has 5 N–H and O–H groups in total. The number of carbonyl (C=O) groups excluding carboxylic acids is 1. The van der Waals surface area contributed by atoms with Gasteiger partial charge in [-0.25, -0.2) is 0 Å². The van der Waals surface area contributed by atoms with Crippen molar-refractivity contribution in [3.63, 3.8) is 0 Å². The van der Waals surface area contributed by atoms with Gasteiger partial charge in [0.1, 0.15) is 30.5 Å². The maximum Gasteiger partial charge on any atom is 0.187 e. The molecule has 27 heavy (non-hydrogen) atoms. The van der Waals surface area contributed by atoms with Gasteiger partial charge in [0.05, 0.1) is 12.7 Å². The summed E-state index contributed by atoms with van der Waals surface area (Å²) in [7, 11) is 0. The Labute approximate surface area is 158 Å². The van der Waals surface area contributed by atoms with Gasteiger partial charge < -0.3 is 35.0 Å². The summed E-state index contributed by atoms with van der Waals surface area (Å²) in [6, 6.07) is 0. The summed E-state index contributed by atoms with van der Waals surface area (Å²) < 4.78 is 10.9. The van der Waals surface area contributed by atoms with Crippen LogP contribution in [0.5, 0.6) is 0 Å². The standard InChI is InChI=1S/C19H30O8/c1-9(26-18-17(25)16(24)15(23)13(8-20)27-18)5-6-11-10(2)14(22)12(21)7-19(11,3)4/h5-6,9,13-18,20,22-25H,7-8H2,1-4H3/b6-5+/t9-,13-,14-,15-,16+,17-,18-/m1/s1. The SMILES string of the molecule is CC1=C(/C=C/[C@@H](C)O[C@@H]2O[C@H](CO)[C@@H](O)[C@H](O)[C@H]2O)C(C)(C)CC(=O)[C@@H]1O. The second-order valence-electron chi connectivity index (χ2n) is 7.92. The average Bonchev–Trinajstić information content (AvgIpc) is 2.59. The van der Waals surface area contributed by atoms with Crippen LogP contribution in [-0.4, -0.2) is 80.8 Å². The van der Waals surface area contributed by atoms with Crippen LogP contribution in [0, 0.1) is 5.41 Å². The highest BCUT2D eigenvalue weighted by Gasteiger charge is 2.44. The van der Waals surface area contributed by atoms with E-state index in [-0.39, 0.29) is 12.2 Å². The fraction of sp³-hybridized carbons (Fsp3) is 0.737. The Morgan fingerprint density at radius 1 is 1.22 bits per heavy atom. The second kappa shape index (κ2) is 8.48. The van der Waals surface area contributed by atoms with Crippen molar-refractivity contribution in [2.45, 2.75) is 77.0 Å². The molecular weight excluding hydrogens is 356 g/mol. The lowest BCUT2D eigenvalue weighted by Gasteiger charge is -2.40. The minimum atomic E-state index is -1.50. The maximum atomic E-state index is 11.9. The van der Waals surface area contributed by atoms with Gasteiger partial charge in [0.15, 0.2) is 12.1 Å². The molecule has 2 rings (SSSR count). The molecule has 1 aliphatic heterocycles. The molecule has 1 aliphatic carbocycles. The third-order valence-corrected chi connectivity index (χ3v) is 5.22. The first-order chi connectivity index (χ1) is 12.5. The van der Waals surface area contributed by atoms with Gasteiger partial charge in [-0.05, 0) is 30.4 Å². The molecule has 0 aromatic carbocycles. The average molecular weight is 386 g/mol. The molecule has 154 valence electrons.